The molecule has 0 fully saturated rings. The van der Waals surface area contributed by atoms with E-state index in [1.807, 2.05) is 6.07 Å². The summed E-state index contributed by atoms with van der Waals surface area (Å²) >= 11 is 0. The highest BCUT2D eigenvalue weighted by Crippen LogP contribution is 2.11. The fourth-order valence-electron chi connectivity index (χ4n) is 1.41. The summed E-state index contributed by atoms with van der Waals surface area (Å²) in [5.74, 6) is -0.899. The second-order valence-corrected chi connectivity index (χ2v) is 3.98. The van der Waals surface area contributed by atoms with E-state index in [2.05, 4.69) is 5.32 Å². The minimum absolute atomic E-state index is 0.322. The molecule has 17 heavy (non-hydrogen) atoms. The summed E-state index contributed by atoms with van der Waals surface area (Å²) in [5.41, 5.74) is 6.81. The van der Waals surface area contributed by atoms with Crippen molar-refractivity contribution in [2.24, 2.45) is 5.73 Å². The Hall–Kier alpha value is -2.10. The van der Waals surface area contributed by atoms with Gasteiger partial charge >= 0.3 is 0 Å². The van der Waals surface area contributed by atoms with Crippen LogP contribution in [0.25, 0.3) is 0 Å². The van der Waals surface area contributed by atoms with Crippen molar-refractivity contribution in [3.05, 3.63) is 47.5 Å². The Bertz CT molecular complexity index is 434. The molecule has 1 aromatic carbocycles. The number of rotatable bonds is 4. The van der Waals surface area contributed by atoms with E-state index in [9.17, 15) is 9.59 Å². The lowest BCUT2D eigenvalue weighted by Crippen LogP contribution is -2.36. The molecule has 4 heteroatoms. The van der Waals surface area contributed by atoms with E-state index in [-0.39, 0.29) is 5.91 Å². The van der Waals surface area contributed by atoms with Crippen LogP contribution in [-0.4, -0.2) is 11.8 Å². The molecule has 0 spiro atoms. The number of nitrogens with one attached hydrogen (secondary N) is 1. The third kappa shape index (κ3) is 4.10. The number of carbonyl (C=O) groups is 2. The zero-order chi connectivity index (χ0) is 12.8. The highest BCUT2D eigenvalue weighted by Gasteiger charge is 2.18. The van der Waals surface area contributed by atoms with Gasteiger partial charge in [-0.05, 0) is 19.4 Å². The molecule has 1 rings (SSSR count). The number of carbonyl (C=O) groups excluding carboxylic acids is 2. The summed E-state index contributed by atoms with van der Waals surface area (Å²) < 4.78 is 0. The van der Waals surface area contributed by atoms with E-state index in [4.69, 9.17) is 5.73 Å². The third-order valence-electron chi connectivity index (χ3n) is 2.12. The zero-order valence-corrected chi connectivity index (χ0v) is 9.94. The Balaban J connectivity index is 2.86. The number of hydrogen-bond donors (Lipinski definition) is 2. The Morgan fingerprint density at radius 3 is 2.29 bits per heavy atom. The van der Waals surface area contributed by atoms with Crippen LogP contribution in [0.5, 0.6) is 0 Å². The maximum Gasteiger partial charge on any atom is 0.244 e. The predicted octanol–water partition coefficient (Wildman–Crippen LogP) is 1.30. The second-order valence-electron chi connectivity index (χ2n) is 3.98. The number of hydrogen-bond acceptors (Lipinski definition) is 2. The summed E-state index contributed by atoms with van der Waals surface area (Å²) in [7, 11) is 0. The third-order valence-corrected chi connectivity index (χ3v) is 2.12. The van der Waals surface area contributed by atoms with Crippen LogP contribution in [-0.2, 0) is 9.59 Å². The molecule has 0 aliphatic rings. The van der Waals surface area contributed by atoms with Crippen LogP contribution >= 0.6 is 0 Å². The topological polar surface area (TPSA) is 72.2 Å². The van der Waals surface area contributed by atoms with E-state index in [0.717, 1.165) is 5.57 Å². The number of amides is 2. The van der Waals surface area contributed by atoms with Crippen molar-refractivity contribution in [1.82, 2.24) is 5.32 Å². The van der Waals surface area contributed by atoms with Gasteiger partial charge in [0, 0.05) is 6.08 Å². The van der Waals surface area contributed by atoms with Crippen LogP contribution in [0.2, 0.25) is 0 Å². The standard InChI is InChI=1S/C13H16N2O2/c1-9(2)8-11(16)15-12(13(14)17)10-6-4-3-5-7-10/h3-8,12H,1-2H3,(H2,14,17)(H,15,16). The van der Waals surface area contributed by atoms with Crippen molar-refractivity contribution in [2.75, 3.05) is 0 Å². The van der Waals surface area contributed by atoms with Crippen LogP contribution in [0.3, 0.4) is 0 Å². The Labute approximate surface area is 101 Å². The van der Waals surface area contributed by atoms with Crippen molar-refractivity contribution in [3.8, 4) is 0 Å². The van der Waals surface area contributed by atoms with Crippen molar-refractivity contribution < 1.29 is 9.59 Å². The van der Waals surface area contributed by atoms with E-state index in [1.165, 1.54) is 6.08 Å². The first kappa shape index (κ1) is 13.0. The van der Waals surface area contributed by atoms with E-state index in [0.29, 0.717) is 5.56 Å². The van der Waals surface area contributed by atoms with Crippen molar-refractivity contribution in [1.29, 1.82) is 0 Å². The molecule has 0 saturated carbocycles. The summed E-state index contributed by atoms with van der Waals surface area (Å²) in [4.78, 5) is 22.9. The van der Waals surface area contributed by atoms with Gasteiger partial charge in [-0.25, -0.2) is 0 Å². The van der Waals surface area contributed by atoms with Gasteiger partial charge in [0.15, 0.2) is 0 Å². The van der Waals surface area contributed by atoms with Crippen LogP contribution in [0.15, 0.2) is 42.0 Å². The largest absolute Gasteiger partial charge is 0.368 e. The summed E-state index contributed by atoms with van der Waals surface area (Å²) in [5, 5.41) is 2.57. The first-order chi connectivity index (χ1) is 8.00. The quantitative estimate of drug-likeness (QED) is 0.768. The molecule has 1 unspecified atom stereocenters. The van der Waals surface area contributed by atoms with Gasteiger partial charge in [0.25, 0.3) is 0 Å². The lowest BCUT2D eigenvalue weighted by Gasteiger charge is -2.14. The van der Waals surface area contributed by atoms with Gasteiger partial charge in [-0.1, -0.05) is 35.9 Å². The second kappa shape index (κ2) is 5.84. The SMILES string of the molecule is CC(C)=CC(=O)NC(C(N)=O)c1ccccc1. The van der Waals surface area contributed by atoms with Gasteiger partial charge < -0.3 is 11.1 Å². The molecular formula is C13H16N2O2. The van der Waals surface area contributed by atoms with Crippen molar-refractivity contribution in [2.45, 2.75) is 19.9 Å². The molecule has 3 N–H and O–H groups in total. The highest BCUT2D eigenvalue weighted by atomic mass is 16.2. The van der Waals surface area contributed by atoms with Gasteiger partial charge in [-0.15, -0.1) is 0 Å². The summed E-state index contributed by atoms with van der Waals surface area (Å²) in [6.45, 7) is 3.61. The fraction of sp³-hybridized carbons (Fsp3) is 0.231. The molecule has 0 heterocycles. The predicted molar refractivity (Wildman–Crippen MR) is 66.0 cm³/mol. The molecule has 0 aliphatic carbocycles. The molecule has 2 amide bonds. The van der Waals surface area contributed by atoms with E-state index in [1.54, 1.807) is 38.1 Å². The number of benzene rings is 1. The smallest absolute Gasteiger partial charge is 0.244 e. The molecule has 0 aromatic heterocycles. The van der Waals surface area contributed by atoms with Crippen molar-refractivity contribution >= 4 is 11.8 Å². The molecule has 1 aromatic rings. The molecule has 0 saturated heterocycles. The highest BCUT2D eigenvalue weighted by molar-refractivity contribution is 5.93. The maximum atomic E-state index is 11.5. The maximum absolute atomic E-state index is 11.5. The Kier molecular flexibility index (Phi) is 4.46. The fourth-order valence-corrected chi connectivity index (χ4v) is 1.41. The average molecular weight is 232 g/mol. The molecule has 90 valence electrons. The normalized spacial score (nSPS) is 11.4. The van der Waals surface area contributed by atoms with Gasteiger partial charge in [0.2, 0.25) is 11.8 Å². The molecular weight excluding hydrogens is 216 g/mol. The van der Waals surface area contributed by atoms with Gasteiger partial charge in [-0.2, -0.15) is 0 Å². The monoisotopic (exact) mass is 232 g/mol. The first-order valence-electron chi connectivity index (χ1n) is 5.30. The van der Waals surface area contributed by atoms with E-state index >= 15 is 0 Å². The van der Waals surface area contributed by atoms with Gasteiger partial charge in [0.1, 0.15) is 6.04 Å². The van der Waals surface area contributed by atoms with E-state index < -0.39 is 11.9 Å². The van der Waals surface area contributed by atoms with Crippen LogP contribution in [0, 0.1) is 0 Å². The minimum atomic E-state index is -0.792. The molecule has 0 aliphatic heterocycles. The summed E-state index contributed by atoms with van der Waals surface area (Å²) in [6, 6.07) is 8.12. The van der Waals surface area contributed by atoms with Crippen LogP contribution in [0.4, 0.5) is 0 Å². The molecule has 0 bridgehead atoms. The Morgan fingerprint density at radius 2 is 1.82 bits per heavy atom. The molecule has 4 nitrogen and oxygen atoms in total. The lowest BCUT2D eigenvalue weighted by atomic mass is 10.1. The molecule has 1 atom stereocenters. The number of nitrogens with two attached hydrogens (primary N) is 1. The van der Waals surface area contributed by atoms with Crippen molar-refractivity contribution in [3.63, 3.8) is 0 Å². The Morgan fingerprint density at radius 1 is 1.24 bits per heavy atom. The van der Waals surface area contributed by atoms with Crippen LogP contribution in [0.1, 0.15) is 25.5 Å². The van der Waals surface area contributed by atoms with Gasteiger partial charge in [0.05, 0.1) is 0 Å². The summed E-state index contributed by atoms with van der Waals surface area (Å²) in [6.07, 6.45) is 1.43. The lowest BCUT2D eigenvalue weighted by molar-refractivity contribution is -0.125. The van der Waals surface area contributed by atoms with Gasteiger partial charge in [-0.3, -0.25) is 9.59 Å². The average Bonchev–Trinajstić information content (AvgIpc) is 2.25. The first-order valence-corrected chi connectivity index (χ1v) is 5.30. The minimum Gasteiger partial charge on any atom is -0.368 e. The molecule has 0 radical (unpaired) electrons. The number of primary amides is 1. The van der Waals surface area contributed by atoms with Crippen LogP contribution < -0.4 is 11.1 Å². The number of allylic oxidation sites excluding steroid dienone is 1. The zero-order valence-electron chi connectivity index (χ0n) is 9.94.